The average molecular weight is 386 g/mol. The number of aryl methyl sites for hydroxylation is 1. The summed E-state index contributed by atoms with van der Waals surface area (Å²) in [6.45, 7) is 1.77. The van der Waals surface area contributed by atoms with Crippen molar-refractivity contribution in [3.63, 3.8) is 0 Å². The lowest BCUT2D eigenvalue weighted by Gasteiger charge is -2.17. The number of likely N-dealkylation sites (N-methyl/N-ethyl adjacent to an activating group) is 1. The van der Waals surface area contributed by atoms with E-state index in [0.717, 1.165) is 21.9 Å². The van der Waals surface area contributed by atoms with Gasteiger partial charge in [0.25, 0.3) is 5.91 Å². The lowest BCUT2D eigenvalue weighted by molar-refractivity contribution is -0.137. The third kappa shape index (κ3) is 2.62. The fraction of sp³-hybridized carbons (Fsp3) is 0.190. The average Bonchev–Trinajstić information content (AvgIpc) is 3.09. The van der Waals surface area contributed by atoms with Gasteiger partial charge in [0.05, 0.1) is 11.1 Å². The molecule has 0 bridgehead atoms. The standard InChI is InChI=1S/C21H17F3N2O2/c1-11-16(13-8-4-6-10-15(13)25-11)18-17(19(27)26(2)20(18)28)12-7-3-5-9-14(12)21(22,23)24/h3-10,20,25,28H,1-2H3. The van der Waals surface area contributed by atoms with Crippen LogP contribution in [0.1, 0.15) is 22.4 Å². The Hall–Kier alpha value is -3.06. The summed E-state index contributed by atoms with van der Waals surface area (Å²) in [4.78, 5) is 17.1. The van der Waals surface area contributed by atoms with Gasteiger partial charge in [0.1, 0.15) is 0 Å². The first-order valence-corrected chi connectivity index (χ1v) is 8.65. The molecule has 0 spiro atoms. The Morgan fingerprint density at radius 2 is 1.71 bits per heavy atom. The number of para-hydroxylation sites is 1. The van der Waals surface area contributed by atoms with E-state index in [1.807, 2.05) is 18.2 Å². The van der Waals surface area contributed by atoms with E-state index < -0.39 is 23.9 Å². The molecule has 4 rings (SSSR count). The lowest BCUT2D eigenvalue weighted by Crippen LogP contribution is -2.31. The van der Waals surface area contributed by atoms with Crippen LogP contribution in [-0.2, 0) is 11.0 Å². The number of rotatable bonds is 2. The second kappa shape index (κ2) is 6.24. The van der Waals surface area contributed by atoms with Crippen molar-refractivity contribution in [2.75, 3.05) is 7.05 Å². The molecular formula is C21H17F3N2O2. The third-order valence-electron chi connectivity index (χ3n) is 5.09. The van der Waals surface area contributed by atoms with Crippen LogP contribution in [0.25, 0.3) is 22.0 Å². The Balaban J connectivity index is 2.09. The van der Waals surface area contributed by atoms with Crippen molar-refractivity contribution in [2.24, 2.45) is 0 Å². The van der Waals surface area contributed by atoms with E-state index >= 15 is 0 Å². The van der Waals surface area contributed by atoms with E-state index in [9.17, 15) is 23.1 Å². The second-order valence-corrected chi connectivity index (χ2v) is 6.79. The number of nitrogens with zero attached hydrogens (tertiary/aromatic N) is 1. The predicted molar refractivity (Wildman–Crippen MR) is 100 cm³/mol. The maximum absolute atomic E-state index is 13.6. The van der Waals surface area contributed by atoms with Gasteiger partial charge in [-0.05, 0) is 24.6 Å². The van der Waals surface area contributed by atoms with Crippen molar-refractivity contribution >= 4 is 28.0 Å². The third-order valence-corrected chi connectivity index (χ3v) is 5.09. The van der Waals surface area contributed by atoms with E-state index in [4.69, 9.17) is 0 Å². The van der Waals surface area contributed by atoms with Gasteiger partial charge in [-0.1, -0.05) is 36.4 Å². The number of fused-ring (bicyclic) bond motifs is 1. The molecule has 2 aromatic carbocycles. The molecule has 2 N–H and O–H groups in total. The van der Waals surface area contributed by atoms with Gasteiger partial charge in [-0.2, -0.15) is 13.2 Å². The summed E-state index contributed by atoms with van der Waals surface area (Å²) in [7, 11) is 1.38. The Morgan fingerprint density at radius 3 is 2.43 bits per heavy atom. The molecule has 0 saturated heterocycles. The molecule has 4 nitrogen and oxygen atoms in total. The van der Waals surface area contributed by atoms with Crippen LogP contribution in [0.3, 0.4) is 0 Å². The number of nitrogens with one attached hydrogen (secondary N) is 1. The molecule has 0 radical (unpaired) electrons. The number of alkyl halides is 3. The van der Waals surface area contributed by atoms with Crippen molar-refractivity contribution in [2.45, 2.75) is 19.3 Å². The molecular weight excluding hydrogens is 369 g/mol. The number of aromatic amines is 1. The van der Waals surface area contributed by atoms with Crippen molar-refractivity contribution in [3.05, 3.63) is 70.9 Å². The number of halogens is 3. The Bertz CT molecular complexity index is 1130. The van der Waals surface area contributed by atoms with Crippen LogP contribution < -0.4 is 0 Å². The maximum Gasteiger partial charge on any atom is 0.417 e. The number of hydrogen-bond acceptors (Lipinski definition) is 2. The van der Waals surface area contributed by atoms with Crippen molar-refractivity contribution in [1.82, 2.24) is 9.88 Å². The SMILES string of the molecule is Cc1[nH]c2ccccc2c1C1=C(c2ccccc2C(F)(F)F)C(=O)N(C)C1O. The summed E-state index contributed by atoms with van der Waals surface area (Å²) in [5.74, 6) is -0.649. The molecule has 0 aliphatic carbocycles. The minimum absolute atomic E-state index is 0.129. The van der Waals surface area contributed by atoms with Crippen molar-refractivity contribution in [1.29, 1.82) is 0 Å². The monoisotopic (exact) mass is 386 g/mol. The van der Waals surface area contributed by atoms with E-state index in [1.165, 1.54) is 25.2 Å². The zero-order valence-corrected chi connectivity index (χ0v) is 15.1. The van der Waals surface area contributed by atoms with Crippen LogP contribution >= 0.6 is 0 Å². The van der Waals surface area contributed by atoms with Gasteiger partial charge in [0, 0.05) is 34.8 Å². The number of H-pyrrole nitrogens is 1. The van der Waals surface area contributed by atoms with Crippen LogP contribution in [0.5, 0.6) is 0 Å². The van der Waals surface area contributed by atoms with E-state index in [-0.39, 0.29) is 16.7 Å². The molecule has 1 amide bonds. The number of carbonyl (C=O) groups excluding carboxylic acids is 1. The predicted octanol–water partition coefficient (Wildman–Crippen LogP) is 4.20. The molecule has 0 fully saturated rings. The summed E-state index contributed by atoms with van der Waals surface area (Å²) >= 11 is 0. The van der Waals surface area contributed by atoms with Crippen LogP contribution in [0.15, 0.2) is 48.5 Å². The highest BCUT2D eigenvalue weighted by Crippen LogP contribution is 2.44. The highest BCUT2D eigenvalue weighted by atomic mass is 19.4. The Labute approximate surface area is 158 Å². The highest BCUT2D eigenvalue weighted by Gasteiger charge is 2.42. The van der Waals surface area contributed by atoms with E-state index in [2.05, 4.69) is 4.98 Å². The van der Waals surface area contributed by atoms with Gasteiger partial charge in [-0.3, -0.25) is 4.79 Å². The first-order chi connectivity index (χ1) is 13.2. The first kappa shape index (κ1) is 18.3. The molecule has 0 saturated carbocycles. The van der Waals surface area contributed by atoms with Crippen LogP contribution in [0, 0.1) is 6.92 Å². The fourth-order valence-corrected chi connectivity index (χ4v) is 3.81. The minimum Gasteiger partial charge on any atom is -0.369 e. The quantitative estimate of drug-likeness (QED) is 0.694. The van der Waals surface area contributed by atoms with Gasteiger partial charge in [-0.15, -0.1) is 0 Å². The molecule has 1 aromatic heterocycles. The molecule has 28 heavy (non-hydrogen) atoms. The number of aliphatic hydroxyl groups is 1. The van der Waals surface area contributed by atoms with Crippen LogP contribution in [-0.4, -0.2) is 34.2 Å². The Morgan fingerprint density at radius 1 is 1.07 bits per heavy atom. The smallest absolute Gasteiger partial charge is 0.369 e. The molecule has 7 heteroatoms. The van der Waals surface area contributed by atoms with E-state index in [1.54, 1.807) is 13.0 Å². The van der Waals surface area contributed by atoms with Crippen molar-refractivity contribution in [3.8, 4) is 0 Å². The van der Waals surface area contributed by atoms with Gasteiger partial charge < -0.3 is 15.0 Å². The van der Waals surface area contributed by atoms with Gasteiger partial charge >= 0.3 is 6.18 Å². The van der Waals surface area contributed by atoms with E-state index in [0.29, 0.717) is 11.3 Å². The van der Waals surface area contributed by atoms with Crippen LogP contribution in [0.2, 0.25) is 0 Å². The largest absolute Gasteiger partial charge is 0.417 e. The van der Waals surface area contributed by atoms with Gasteiger partial charge in [-0.25, -0.2) is 0 Å². The van der Waals surface area contributed by atoms with Gasteiger partial charge in [0.2, 0.25) is 0 Å². The topological polar surface area (TPSA) is 56.3 Å². The molecule has 1 unspecified atom stereocenters. The summed E-state index contributed by atoms with van der Waals surface area (Å²) < 4.78 is 40.8. The minimum atomic E-state index is -4.63. The lowest BCUT2D eigenvalue weighted by atomic mass is 9.91. The molecule has 2 heterocycles. The molecule has 1 aliphatic rings. The maximum atomic E-state index is 13.6. The number of hydrogen-bond donors (Lipinski definition) is 2. The zero-order chi connectivity index (χ0) is 20.2. The Kier molecular flexibility index (Phi) is 4.08. The first-order valence-electron chi connectivity index (χ1n) is 8.65. The van der Waals surface area contributed by atoms with Crippen molar-refractivity contribution < 1.29 is 23.1 Å². The number of amides is 1. The molecule has 3 aromatic rings. The number of aliphatic hydroxyl groups excluding tert-OH is 1. The molecule has 1 aliphatic heterocycles. The summed E-state index contributed by atoms with van der Waals surface area (Å²) in [6.07, 6.45) is -5.97. The number of benzene rings is 2. The number of carbonyl (C=O) groups is 1. The normalized spacial score (nSPS) is 17.9. The van der Waals surface area contributed by atoms with Gasteiger partial charge in [0.15, 0.2) is 6.23 Å². The number of aromatic nitrogens is 1. The summed E-state index contributed by atoms with van der Waals surface area (Å²) in [5.41, 5.74) is 0.905. The van der Waals surface area contributed by atoms with Crippen LogP contribution in [0.4, 0.5) is 13.2 Å². The molecule has 1 atom stereocenters. The highest BCUT2D eigenvalue weighted by molar-refractivity contribution is 6.32. The second-order valence-electron chi connectivity index (χ2n) is 6.79. The fourth-order valence-electron chi connectivity index (χ4n) is 3.81. The molecule has 144 valence electrons. The zero-order valence-electron chi connectivity index (χ0n) is 15.1. The summed E-state index contributed by atoms with van der Waals surface area (Å²) in [5, 5.41) is 11.5. The summed E-state index contributed by atoms with van der Waals surface area (Å²) in [6, 6.07) is 12.2.